The number of furan rings is 1. The molecule has 0 atom stereocenters. The van der Waals surface area contributed by atoms with Crippen LogP contribution >= 0.6 is 11.8 Å². The maximum Gasteiger partial charge on any atom is 0.305 e. The van der Waals surface area contributed by atoms with Gasteiger partial charge in [0.15, 0.2) is 5.76 Å². The van der Waals surface area contributed by atoms with Crippen LogP contribution < -0.4 is 10.9 Å². The molecule has 5 nitrogen and oxygen atoms in total. The molecule has 0 saturated carbocycles. The number of hydrogen-bond acceptors (Lipinski definition) is 4. The quantitative estimate of drug-likeness (QED) is 0.555. The maximum absolute atomic E-state index is 12.2. The summed E-state index contributed by atoms with van der Waals surface area (Å²) in [5.41, 5.74) is 7.33. The third kappa shape index (κ3) is 3.85. The summed E-state index contributed by atoms with van der Waals surface area (Å²) in [7, 11) is 0. The Balaban J connectivity index is 1.57. The summed E-state index contributed by atoms with van der Waals surface area (Å²) in [4.78, 5) is 25.2. The average molecular weight is 354 g/mol. The van der Waals surface area contributed by atoms with E-state index in [0.29, 0.717) is 5.58 Å². The predicted molar refractivity (Wildman–Crippen MR) is 98.5 cm³/mol. The first kappa shape index (κ1) is 17.1. The first-order valence-corrected chi connectivity index (χ1v) is 8.80. The first-order chi connectivity index (χ1) is 12.1. The molecular formula is C19H18N2O3S. The first-order valence-electron chi connectivity index (χ1n) is 7.82. The number of carbonyl (C=O) groups is 2. The van der Waals surface area contributed by atoms with Gasteiger partial charge in [-0.1, -0.05) is 36.4 Å². The van der Waals surface area contributed by atoms with Crippen molar-refractivity contribution in [1.82, 2.24) is 10.9 Å². The van der Waals surface area contributed by atoms with Crippen molar-refractivity contribution in [3.05, 3.63) is 65.4 Å². The largest absolute Gasteiger partial charge is 0.451 e. The molecule has 6 heteroatoms. The fraction of sp³-hybridized carbons (Fsp3) is 0.158. The zero-order chi connectivity index (χ0) is 17.8. The fourth-order valence-electron chi connectivity index (χ4n) is 2.47. The summed E-state index contributed by atoms with van der Waals surface area (Å²) in [6, 6.07) is 15.3. The number of para-hydroxylation sites is 1. The second-order valence-corrected chi connectivity index (χ2v) is 6.63. The van der Waals surface area contributed by atoms with E-state index in [2.05, 4.69) is 10.9 Å². The van der Waals surface area contributed by atoms with Crippen molar-refractivity contribution in [3.8, 4) is 0 Å². The van der Waals surface area contributed by atoms with E-state index >= 15 is 0 Å². The van der Waals surface area contributed by atoms with Gasteiger partial charge in [0.2, 0.25) is 5.91 Å². The molecule has 0 spiro atoms. The molecule has 2 aromatic carbocycles. The minimum absolute atomic E-state index is 0.202. The van der Waals surface area contributed by atoms with Crippen molar-refractivity contribution < 1.29 is 14.0 Å². The molecule has 0 saturated heterocycles. The molecule has 0 bridgehead atoms. The van der Waals surface area contributed by atoms with E-state index in [9.17, 15) is 9.59 Å². The highest BCUT2D eigenvalue weighted by Crippen LogP contribution is 2.24. The Bertz CT molecular complexity index is 933. The molecule has 0 aliphatic carbocycles. The summed E-state index contributed by atoms with van der Waals surface area (Å²) < 4.78 is 5.57. The third-order valence-corrected chi connectivity index (χ3v) is 4.99. The Kier molecular flexibility index (Phi) is 5.09. The number of rotatable bonds is 4. The molecule has 0 aliphatic heterocycles. The number of hydrogen-bond donors (Lipinski definition) is 2. The zero-order valence-corrected chi connectivity index (χ0v) is 14.8. The normalized spacial score (nSPS) is 10.6. The highest BCUT2D eigenvalue weighted by Gasteiger charge is 2.17. The van der Waals surface area contributed by atoms with Crippen LogP contribution in [0.2, 0.25) is 0 Å². The van der Waals surface area contributed by atoms with Crippen LogP contribution in [0.3, 0.4) is 0 Å². The molecule has 128 valence electrons. The Morgan fingerprint density at radius 2 is 1.72 bits per heavy atom. The highest BCUT2D eigenvalue weighted by atomic mass is 32.2. The molecule has 3 aromatic rings. The van der Waals surface area contributed by atoms with Gasteiger partial charge < -0.3 is 4.42 Å². The van der Waals surface area contributed by atoms with Crippen molar-refractivity contribution in [2.45, 2.75) is 18.7 Å². The van der Waals surface area contributed by atoms with E-state index in [4.69, 9.17) is 4.42 Å². The van der Waals surface area contributed by atoms with Crippen molar-refractivity contribution in [1.29, 1.82) is 0 Å². The summed E-state index contributed by atoms with van der Waals surface area (Å²) in [6.07, 6.45) is 0. The van der Waals surface area contributed by atoms with E-state index in [1.54, 1.807) is 6.07 Å². The van der Waals surface area contributed by atoms with Gasteiger partial charge in [0.1, 0.15) is 5.58 Å². The monoisotopic (exact) mass is 354 g/mol. The van der Waals surface area contributed by atoms with Gasteiger partial charge in [0, 0.05) is 15.8 Å². The van der Waals surface area contributed by atoms with Gasteiger partial charge in [-0.2, -0.15) is 0 Å². The number of carbonyl (C=O) groups excluding carboxylic acids is 2. The Labute approximate surface area is 149 Å². The van der Waals surface area contributed by atoms with E-state index in [-0.39, 0.29) is 17.4 Å². The van der Waals surface area contributed by atoms with E-state index < -0.39 is 5.91 Å². The molecule has 2 N–H and O–H groups in total. The number of nitrogens with one attached hydrogen (secondary N) is 2. The summed E-state index contributed by atoms with van der Waals surface area (Å²) in [6.45, 7) is 3.81. The van der Waals surface area contributed by atoms with E-state index in [1.807, 2.05) is 56.3 Å². The standard InChI is InChI=1S/C19H18N2O3S/c1-12-7-3-6-10-16(12)25-11-17(22)20-21-19(23)18-13(2)14-8-4-5-9-15(14)24-18/h3-10H,11H2,1-2H3,(H,20,22)(H,21,23). The molecule has 2 amide bonds. The van der Waals surface area contributed by atoms with Crippen LogP contribution in [0, 0.1) is 13.8 Å². The SMILES string of the molecule is Cc1ccccc1SCC(=O)NNC(=O)c1oc2ccccc2c1C. The topological polar surface area (TPSA) is 71.3 Å². The Morgan fingerprint density at radius 3 is 2.48 bits per heavy atom. The number of amides is 2. The summed E-state index contributed by atoms with van der Waals surface area (Å²) in [5, 5.41) is 0.883. The second-order valence-electron chi connectivity index (χ2n) is 5.61. The molecular weight excluding hydrogens is 336 g/mol. The number of thioether (sulfide) groups is 1. The van der Waals surface area contributed by atoms with Crippen LogP contribution in [0.5, 0.6) is 0 Å². The van der Waals surface area contributed by atoms with Crippen molar-refractivity contribution in [2.24, 2.45) is 0 Å². The smallest absolute Gasteiger partial charge is 0.305 e. The predicted octanol–water partition coefficient (Wildman–Crippen LogP) is 3.60. The lowest BCUT2D eigenvalue weighted by Crippen LogP contribution is -2.42. The van der Waals surface area contributed by atoms with E-state index in [0.717, 1.165) is 21.4 Å². The van der Waals surface area contributed by atoms with Crippen LogP contribution in [0.1, 0.15) is 21.7 Å². The Hall–Kier alpha value is -2.73. The molecule has 0 fully saturated rings. The average Bonchev–Trinajstić information content (AvgIpc) is 2.96. The van der Waals surface area contributed by atoms with Crippen LogP contribution in [-0.4, -0.2) is 17.6 Å². The van der Waals surface area contributed by atoms with Crippen LogP contribution in [-0.2, 0) is 4.79 Å². The number of fused-ring (bicyclic) bond motifs is 1. The molecule has 1 heterocycles. The molecule has 0 aliphatic rings. The molecule has 0 unspecified atom stereocenters. The van der Waals surface area contributed by atoms with Gasteiger partial charge in [0.05, 0.1) is 5.75 Å². The van der Waals surface area contributed by atoms with Gasteiger partial charge >= 0.3 is 5.91 Å². The lowest BCUT2D eigenvalue weighted by molar-refractivity contribution is -0.119. The van der Waals surface area contributed by atoms with Gasteiger partial charge in [-0.25, -0.2) is 0 Å². The van der Waals surface area contributed by atoms with Crippen molar-refractivity contribution in [2.75, 3.05) is 5.75 Å². The second kappa shape index (κ2) is 7.44. The molecule has 1 aromatic heterocycles. The van der Waals surface area contributed by atoms with Gasteiger partial charge in [-0.3, -0.25) is 20.4 Å². The molecule has 0 radical (unpaired) electrons. The lowest BCUT2D eigenvalue weighted by Gasteiger charge is -2.07. The number of aryl methyl sites for hydroxylation is 2. The van der Waals surface area contributed by atoms with Gasteiger partial charge in [0.25, 0.3) is 0 Å². The van der Waals surface area contributed by atoms with Crippen LogP contribution in [0.15, 0.2) is 57.8 Å². The lowest BCUT2D eigenvalue weighted by atomic mass is 10.1. The number of hydrazine groups is 1. The third-order valence-electron chi connectivity index (χ3n) is 3.82. The van der Waals surface area contributed by atoms with Gasteiger partial charge in [-0.15, -0.1) is 11.8 Å². The molecule has 25 heavy (non-hydrogen) atoms. The Morgan fingerprint density at radius 1 is 1.00 bits per heavy atom. The van der Waals surface area contributed by atoms with Crippen LogP contribution in [0.25, 0.3) is 11.0 Å². The van der Waals surface area contributed by atoms with Crippen molar-refractivity contribution in [3.63, 3.8) is 0 Å². The summed E-state index contributed by atoms with van der Waals surface area (Å²) in [5.74, 6) is -0.337. The fourth-order valence-corrected chi connectivity index (χ4v) is 3.30. The van der Waals surface area contributed by atoms with Gasteiger partial charge in [-0.05, 0) is 31.5 Å². The highest BCUT2D eigenvalue weighted by molar-refractivity contribution is 8.00. The van der Waals surface area contributed by atoms with Crippen molar-refractivity contribution >= 4 is 34.5 Å². The summed E-state index contributed by atoms with van der Waals surface area (Å²) >= 11 is 1.42. The van der Waals surface area contributed by atoms with Crippen LogP contribution in [0.4, 0.5) is 0 Å². The maximum atomic E-state index is 12.2. The van der Waals surface area contributed by atoms with E-state index in [1.165, 1.54) is 11.8 Å². The minimum atomic E-state index is -0.469. The zero-order valence-electron chi connectivity index (χ0n) is 14.0. The molecule has 3 rings (SSSR count). The number of benzene rings is 2. The minimum Gasteiger partial charge on any atom is -0.451 e.